The predicted molar refractivity (Wildman–Crippen MR) is 85.2 cm³/mol. The predicted octanol–water partition coefficient (Wildman–Crippen LogP) is 4.63. The van der Waals surface area contributed by atoms with Gasteiger partial charge >= 0.3 is 0 Å². The van der Waals surface area contributed by atoms with E-state index in [1.54, 1.807) is 12.7 Å². The molecule has 1 N–H and O–H groups in total. The van der Waals surface area contributed by atoms with Crippen LogP contribution in [0.2, 0.25) is 0 Å². The number of hydrogen-bond donors (Lipinski definition) is 1. The minimum Gasteiger partial charge on any atom is -0.497 e. The first-order valence-electron chi connectivity index (χ1n) is 7.88. The SMILES string of the molecule is CCCNC(CC1=CCCCC1)c1ccc(OC)cc1. The fourth-order valence-corrected chi connectivity index (χ4v) is 2.81. The first-order chi connectivity index (χ1) is 9.83. The molecule has 0 radical (unpaired) electrons. The maximum absolute atomic E-state index is 5.25. The van der Waals surface area contributed by atoms with Crippen LogP contribution in [-0.2, 0) is 0 Å². The summed E-state index contributed by atoms with van der Waals surface area (Å²) in [4.78, 5) is 0. The summed E-state index contributed by atoms with van der Waals surface area (Å²) in [5, 5.41) is 3.69. The minimum atomic E-state index is 0.435. The van der Waals surface area contributed by atoms with Crippen molar-refractivity contribution in [2.24, 2.45) is 0 Å². The van der Waals surface area contributed by atoms with Crippen molar-refractivity contribution in [3.05, 3.63) is 41.5 Å². The number of benzene rings is 1. The Morgan fingerprint density at radius 2 is 2.00 bits per heavy atom. The lowest BCUT2D eigenvalue weighted by atomic mass is 9.91. The summed E-state index contributed by atoms with van der Waals surface area (Å²) in [6.07, 6.45) is 10.0. The van der Waals surface area contributed by atoms with Gasteiger partial charge in [-0.05, 0) is 62.8 Å². The van der Waals surface area contributed by atoms with Crippen LogP contribution in [0.25, 0.3) is 0 Å². The van der Waals surface area contributed by atoms with E-state index in [-0.39, 0.29) is 0 Å². The highest BCUT2D eigenvalue weighted by atomic mass is 16.5. The molecule has 0 aromatic heterocycles. The van der Waals surface area contributed by atoms with Crippen LogP contribution in [0.15, 0.2) is 35.9 Å². The van der Waals surface area contributed by atoms with E-state index in [1.807, 2.05) is 0 Å². The van der Waals surface area contributed by atoms with Gasteiger partial charge in [-0.3, -0.25) is 0 Å². The molecule has 0 saturated carbocycles. The van der Waals surface area contributed by atoms with Crippen molar-refractivity contribution in [1.29, 1.82) is 0 Å². The van der Waals surface area contributed by atoms with Gasteiger partial charge in [-0.2, -0.15) is 0 Å². The average molecular weight is 273 g/mol. The number of allylic oxidation sites excluding steroid dienone is 1. The van der Waals surface area contributed by atoms with Crippen LogP contribution in [0.5, 0.6) is 5.75 Å². The van der Waals surface area contributed by atoms with Crippen molar-refractivity contribution in [3.8, 4) is 5.75 Å². The van der Waals surface area contributed by atoms with Crippen LogP contribution in [0, 0.1) is 0 Å². The van der Waals surface area contributed by atoms with E-state index in [1.165, 1.54) is 37.7 Å². The molecular weight excluding hydrogens is 246 g/mol. The van der Waals surface area contributed by atoms with E-state index in [0.29, 0.717) is 6.04 Å². The fraction of sp³-hybridized carbons (Fsp3) is 0.556. The van der Waals surface area contributed by atoms with E-state index in [9.17, 15) is 0 Å². The van der Waals surface area contributed by atoms with Gasteiger partial charge in [0.25, 0.3) is 0 Å². The maximum Gasteiger partial charge on any atom is 0.118 e. The zero-order valence-electron chi connectivity index (χ0n) is 12.8. The molecule has 110 valence electrons. The molecule has 0 saturated heterocycles. The smallest absolute Gasteiger partial charge is 0.118 e. The summed E-state index contributed by atoms with van der Waals surface area (Å²) in [5.41, 5.74) is 2.99. The molecule has 2 rings (SSSR count). The molecule has 0 spiro atoms. The van der Waals surface area contributed by atoms with Gasteiger partial charge in [0, 0.05) is 6.04 Å². The molecule has 0 bridgehead atoms. The Balaban J connectivity index is 2.06. The van der Waals surface area contributed by atoms with E-state index in [0.717, 1.165) is 18.7 Å². The third kappa shape index (κ3) is 4.38. The van der Waals surface area contributed by atoms with Gasteiger partial charge in [-0.1, -0.05) is 30.7 Å². The molecule has 0 aliphatic heterocycles. The van der Waals surface area contributed by atoms with E-state index in [2.05, 4.69) is 42.6 Å². The number of nitrogens with one attached hydrogen (secondary N) is 1. The van der Waals surface area contributed by atoms with Gasteiger partial charge in [0.2, 0.25) is 0 Å². The highest BCUT2D eigenvalue weighted by Crippen LogP contribution is 2.28. The second-order valence-corrected chi connectivity index (χ2v) is 5.59. The van der Waals surface area contributed by atoms with Gasteiger partial charge in [-0.25, -0.2) is 0 Å². The van der Waals surface area contributed by atoms with Crippen molar-refractivity contribution in [2.75, 3.05) is 13.7 Å². The summed E-state index contributed by atoms with van der Waals surface area (Å²) in [6.45, 7) is 3.29. The van der Waals surface area contributed by atoms with Crippen molar-refractivity contribution in [3.63, 3.8) is 0 Å². The van der Waals surface area contributed by atoms with Crippen LogP contribution in [0.1, 0.15) is 57.1 Å². The summed E-state index contributed by atoms with van der Waals surface area (Å²) in [7, 11) is 1.72. The Morgan fingerprint density at radius 3 is 2.60 bits per heavy atom. The molecule has 0 fully saturated rings. The molecule has 1 aliphatic rings. The van der Waals surface area contributed by atoms with Crippen molar-refractivity contribution >= 4 is 0 Å². The lowest BCUT2D eigenvalue weighted by Gasteiger charge is -2.22. The third-order valence-electron chi connectivity index (χ3n) is 4.01. The molecule has 2 nitrogen and oxygen atoms in total. The summed E-state index contributed by atoms with van der Waals surface area (Å²) < 4.78 is 5.25. The summed E-state index contributed by atoms with van der Waals surface area (Å²) >= 11 is 0. The van der Waals surface area contributed by atoms with Crippen LogP contribution in [-0.4, -0.2) is 13.7 Å². The Bertz CT molecular complexity index is 422. The first-order valence-corrected chi connectivity index (χ1v) is 7.88. The second-order valence-electron chi connectivity index (χ2n) is 5.59. The van der Waals surface area contributed by atoms with Gasteiger partial charge in [0.1, 0.15) is 5.75 Å². The Hall–Kier alpha value is -1.28. The summed E-state index contributed by atoms with van der Waals surface area (Å²) in [5.74, 6) is 0.930. The van der Waals surface area contributed by atoms with Crippen molar-refractivity contribution in [1.82, 2.24) is 5.32 Å². The van der Waals surface area contributed by atoms with Gasteiger partial charge in [0.05, 0.1) is 7.11 Å². The first kappa shape index (κ1) is 15.1. The number of methoxy groups -OCH3 is 1. The molecule has 1 aromatic rings. The molecule has 1 aliphatic carbocycles. The van der Waals surface area contributed by atoms with Crippen molar-refractivity contribution in [2.45, 2.75) is 51.5 Å². The molecule has 2 heteroatoms. The quantitative estimate of drug-likeness (QED) is 0.732. The molecule has 0 amide bonds. The number of hydrogen-bond acceptors (Lipinski definition) is 2. The van der Waals surface area contributed by atoms with Gasteiger partial charge < -0.3 is 10.1 Å². The molecule has 20 heavy (non-hydrogen) atoms. The zero-order valence-corrected chi connectivity index (χ0v) is 12.8. The minimum absolute atomic E-state index is 0.435. The topological polar surface area (TPSA) is 21.3 Å². The van der Waals surface area contributed by atoms with E-state index >= 15 is 0 Å². The lowest BCUT2D eigenvalue weighted by Crippen LogP contribution is -2.23. The van der Waals surface area contributed by atoms with Gasteiger partial charge in [-0.15, -0.1) is 0 Å². The highest BCUT2D eigenvalue weighted by molar-refractivity contribution is 5.30. The molecule has 1 atom stereocenters. The largest absolute Gasteiger partial charge is 0.497 e. The normalized spacial score (nSPS) is 16.6. The molecule has 1 unspecified atom stereocenters. The second kappa shape index (κ2) is 8.11. The number of ether oxygens (including phenoxy) is 1. The number of rotatable bonds is 7. The standard InChI is InChI=1S/C18H27NO/c1-3-13-19-18(14-15-7-5-4-6-8-15)16-9-11-17(20-2)12-10-16/h7,9-12,18-19H,3-6,8,13-14H2,1-2H3. The average Bonchev–Trinajstić information content (AvgIpc) is 2.52. The van der Waals surface area contributed by atoms with Gasteiger partial charge in [0.15, 0.2) is 0 Å². The van der Waals surface area contributed by atoms with Crippen LogP contribution in [0.4, 0.5) is 0 Å². The highest BCUT2D eigenvalue weighted by Gasteiger charge is 2.14. The monoisotopic (exact) mass is 273 g/mol. The fourth-order valence-electron chi connectivity index (χ4n) is 2.81. The van der Waals surface area contributed by atoms with Crippen LogP contribution < -0.4 is 10.1 Å². The third-order valence-corrected chi connectivity index (χ3v) is 4.01. The molecular formula is C18H27NO. The Morgan fingerprint density at radius 1 is 1.20 bits per heavy atom. The Labute approximate surface area is 123 Å². The molecule has 0 heterocycles. The van der Waals surface area contributed by atoms with E-state index in [4.69, 9.17) is 4.74 Å². The zero-order chi connectivity index (χ0) is 14.2. The Kier molecular flexibility index (Phi) is 6.13. The van der Waals surface area contributed by atoms with Crippen LogP contribution in [0.3, 0.4) is 0 Å². The summed E-state index contributed by atoms with van der Waals surface area (Å²) in [6, 6.07) is 8.94. The van der Waals surface area contributed by atoms with Crippen molar-refractivity contribution < 1.29 is 4.74 Å². The molecule has 1 aromatic carbocycles. The maximum atomic E-state index is 5.25. The van der Waals surface area contributed by atoms with E-state index < -0.39 is 0 Å². The van der Waals surface area contributed by atoms with Crippen LogP contribution >= 0.6 is 0 Å². The lowest BCUT2D eigenvalue weighted by molar-refractivity contribution is 0.414.